The van der Waals surface area contributed by atoms with Gasteiger partial charge in [0.2, 0.25) is 5.91 Å². The van der Waals surface area contributed by atoms with Crippen molar-refractivity contribution >= 4 is 35.0 Å². The van der Waals surface area contributed by atoms with E-state index in [1.165, 1.54) is 11.8 Å². The van der Waals surface area contributed by atoms with Crippen molar-refractivity contribution in [2.75, 3.05) is 29.5 Å². The van der Waals surface area contributed by atoms with Crippen molar-refractivity contribution in [2.45, 2.75) is 11.6 Å². The Balaban J connectivity index is 1.40. The van der Waals surface area contributed by atoms with E-state index in [1.807, 2.05) is 37.4 Å². The van der Waals surface area contributed by atoms with Crippen LogP contribution < -0.4 is 16.0 Å². The van der Waals surface area contributed by atoms with Crippen molar-refractivity contribution in [1.29, 1.82) is 0 Å². The number of amides is 2. The van der Waals surface area contributed by atoms with Crippen molar-refractivity contribution in [3.63, 3.8) is 0 Å². The van der Waals surface area contributed by atoms with Crippen molar-refractivity contribution < 1.29 is 9.59 Å². The molecule has 0 aliphatic heterocycles. The van der Waals surface area contributed by atoms with E-state index in [0.29, 0.717) is 23.0 Å². The molecule has 9 heteroatoms. The van der Waals surface area contributed by atoms with Gasteiger partial charge in [-0.1, -0.05) is 36.0 Å². The van der Waals surface area contributed by atoms with Crippen molar-refractivity contribution in [2.24, 2.45) is 7.05 Å². The van der Waals surface area contributed by atoms with Gasteiger partial charge in [0.25, 0.3) is 5.91 Å². The lowest BCUT2D eigenvalue weighted by atomic mass is 10.2. The minimum Gasteiger partial charge on any atom is -0.385 e. The molecule has 0 atom stereocenters. The highest BCUT2D eigenvalue weighted by molar-refractivity contribution is 7.99. The summed E-state index contributed by atoms with van der Waals surface area (Å²) >= 11 is 1.30. The van der Waals surface area contributed by atoms with Crippen LogP contribution in [0.25, 0.3) is 0 Å². The van der Waals surface area contributed by atoms with Crippen LogP contribution in [0.4, 0.5) is 11.4 Å². The Morgan fingerprint density at radius 3 is 2.60 bits per heavy atom. The van der Waals surface area contributed by atoms with Crippen LogP contribution in [0.2, 0.25) is 0 Å². The van der Waals surface area contributed by atoms with Crippen LogP contribution in [0.3, 0.4) is 0 Å². The topological polar surface area (TPSA) is 101 Å². The van der Waals surface area contributed by atoms with Gasteiger partial charge in [-0.3, -0.25) is 9.59 Å². The summed E-state index contributed by atoms with van der Waals surface area (Å²) in [4.78, 5) is 24.5. The van der Waals surface area contributed by atoms with E-state index < -0.39 is 0 Å². The number of thioether (sulfide) groups is 1. The van der Waals surface area contributed by atoms with Gasteiger partial charge in [-0.15, -0.1) is 10.2 Å². The highest BCUT2D eigenvalue weighted by atomic mass is 32.2. The van der Waals surface area contributed by atoms with Gasteiger partial charge < -0.3 is 20.5 Å². The van der Waals surface area contributed by atoms with Gasteiger partial charge in [-0.05, 0) is 36.8 Å². The normalized spacial score (nSPS) is 10.4. The van der Waals surface area contributed by atoms with E-state index in [-0.39, 0.29) is 17.6 Å². The van der Waals surface area contributed by atoms with Gasteiger partial charge in [0.05, 0.1) is 5.75 Å². The lowest BCUT2D eigenvalue weighted by Gasteiger charge is -2.09. The lowest BCUT2D eigenvalue weighted by molar-refractivity contribution is -0.113. The third-order valence-electron chi connectivity index (χ3n) is 4.15. The fraction of sp³-hybridized carbons (Fsp3) is 0.238. The molecule has 3 N–H and O–H groups in total. The molecule has 0 aliphatic rings. The number of hydrogen-bond acceptors (Lipinski definition) is 6. The van der Waals surface area contributed by atoms with E-state index in [2.05, 4.69) is 26.1 Å². The first-order chi connectivity index (χ1) is 14.6. The Kier molecular flexibility index (Phi) is 7.85. The smallest absolute Gasteiger partial charge is 0.251 e. The number of para-hydroxylation sites is 1. The second kappa shape index (κ2) is 11.0. The van der Waals surface area contributed by atoms with Crippen LogP contribution in [-0.2, 0) is 11.8 Å². The molecule has 3 aromatic rings. The number of anilines is 2. The molecule has 0 spiro atoms. The molecule has 156 valence electrons. The first-order valence-electron chi connectivity index (χ1n) is 9.55. The largest absolute Gasteiger partial charge is 0.385 e. The van der Waals surface area contributed by atoms with Crippen LogP contribution in [0.5, 0.6) is 0 Å². The van der Waals surface area contributed by atoms with E-state index in [4.69, 9.17) is 0 Å². The first kappa shape index (κ1) is 21.4. The molecule has 1 aromatic heterocycles. The molecule has 1 heterocycles. The molecule has 0 radical (unpaired) electrons. The average Bonchev–Trinajstić information content (AvgIpc) is 3.17. The predicted octanol–water partition coefficient (Wildman–Crippen LogP) is 2.78. The number of carbonyl (C=O) groups excluding carboxylic acids is 2. The van der Waals surface area contributed by atoms with E-state index >= 15 is 0 Å². The van der Waals surface area contributed by atoms with Gasteiger partial charge in [0.1, 0.15) is 6.33 Å². The summed E-state index contributed by atoms with van der Waals surface area (Å²) in [6, 6.07) is 16.8. The van der Waals surface area contributed by atoms with E-state index in [9.17, 15) is 9.59 Å². The second-order valence-corrected chi connectivity index (χ2v) is 7.49. The zero-order valence-corrected chi connectivity index (χ0v) is 17.5. The summed E-state index contributed by atoms with van der Waals surface area (Å²) in [5, 5.41) is 17.4. The monoisotopic (exact) mass is 424 g/mol. The third kappa shape index (κ3) is 6.63. The maximum absolute atomic E-state index is 12.4. The van der Waals surface area contributed by atoms with Gasteiger partial charge in [-0.25, -0.2) is 0 Å². The van der Waals surface area contributed by atoms with E-state index in [1.54, 1.807) is 35.2 Å². The van der Waals surface area contributed by atoms with Crippen molar-refractivity contribution in [3.8, 4) is 0 Å². The van der Waals surface area contributed by atoms with Crippen LogP contribution in [0, 0.1) is 0 Å². The summed E-state index contributed by atoms with van der Waals surface area (Å²) in [6.07, 6.45) is 2.39. The molecule has 0 fully saturated rings. The highest BCUT2D eigenvalue weighted by Gasteiger charge is 2.09. The molecule has 0 saturated carbocycles. The lowest BCUT2D eigenvalue weighted by Crippen LogP contribution is -2.26. The average molecular weight is 425 g/mol. The number of aryl methyl sites for hydroxylation is 1. The second-order valence-electron chi connectivity index (χ2n) is 6.54. The third-order valence-corrected chi connectivity index (χ3v) is 5.19. The molecular formula is C21H24N6O2S. The first-order valence-corrected chi connectivity index (χ1v) is 10.5. The van der Waals surface area contributed by atoms with Crippen molar-refractivity contribution in [3.05, 3.63) is 66.5 Å². The molecule has 30 heavy (non-hydrogen) atoms. The zero-order chi connectivity index (χ0) is 21.2. The van der Waals surface area contributed by atoms with Crippen molar-refractivity contribution in [1.82, 2.24) is 20.1 Å². The standard InChI is InChI=1S/C21H24N6O2S/c1-27-15-24-26-21(27)30-14-19(28)25-18-10-5-7-16(13-18)20(29)23-12-6-11-22-17-8-3-2-4-9-17/h2-5,7-10,13,15,22H,6,11-12,14H2,1H3,(H,23,29)(H,25,28). The maximum Gasteiger partial charge on any atom is 0.251 e. The number of rotatable bonds is 10. The fourth-order valence-electron chi connectivity index (χ4n) is 2.65. The van der Waals surface area contributed by atoms with Crippen LogP contribution >= 0.6 is 11.8 Å². The summed E-state index contributed by atoms with van der Waals surface area (Å²) in [6.45, 7) is 1.33. The fourth-order valence-corrected chi connectivity index (χ4v) is 3.34. The number of carbonyl (C=O) groups is 2. The Hall–Kier alpha value is -3.33. The Morgan fingerprint density at radius 1 is 1.03 bits per heavy atom. The zero-order valence-electron chi connectivity index (χ0n) is 16.7. The minimum absolute atomic E-state index is 0.167. The van der Waals surface area contributed by atoms with Gasteiger partial charge in [0, 0.05) is 37.1 Å². The summed E-state index contributed by atoms with van der Waals surface area (Å²) < 4.78 is 1.75. The molecular weight excluding hydrogens is 400 g/mol. The van der Waals surface area contributed by atoms with Gasteiger partial charge >= 0.3 is 0 Å². The molecule has 8 nitrogen and oxygen atoms in total. The molecule has 0 aliphatic carbocycles. The molecule has 2 amide bonds. The summed E-state index contributed by atoms with van der Waals surface area (Å²) in [7, 11) is 1.82. The molecule has 0 unspecified atom stereocenters. The molecule has 0 saturated heterocycles. The highest BCUT2D eigenvalue weighted by Crippen LogP contribution is 2.15. The summed E-state index contributed by atoms with van der Waals surface area (Å²) in [5.41, 5.74) is 2.14. The molecule has 0 bridgehead atoms. The van der Waals surface area contributed by atoms with Crippen LogP contribution in [-0.4, -0.2) is 45.4 Å². The maximum atomic E-state index is 12.4. The number of nitrogens with zero attached hydrogens (tertiary/aromatic N) is 3. The quantitative estimate of drug-likeness (QED) is 0.342. The number of aromatic nitrogens is 3. The molecule has 2 aromatic carbocycles. The SMILES string of the molecule is Cn1cnnc1SCC(=O)Nc1cccc(C(=O)NCCCNc2ccccc2)c1. The van der Waals surface area contributed by atoms with Crippen LogP contribution in [0.1, 0.15) is 16.8 Å². The molecule has 3 rings (SSSR count). The Bertz CT molecular complexity index is 976. The minimum atomic E-state index is -0.174. The number of nitrogens with one attached hydrogen (secondary N) is 3. The predicted molar refractivity (Wildman–Crippen MR) is 119 cm³/mol. The summed E-state index contributed by atoms with van der Waals surface area (Å²) in [5.74, 6) is -0.135. The number of benzene rings is 2. The van der Waals surface area contributed by atoms with Gasteiger partial charge in [0.15, 0.2) is 5.16 Å². The van der Waals surface area contributed by atoms with Gasteiger partial charge in [-0.2, -0.15) is 0 Å². The van der Waals surface area contributed by atoms with Crippen LogP contribution in [0.15, 0.2) is 66.1 Å². The Labute approximate surface area is 179 Å². The van der Waals surface area contributed by atoms with E-state index in [0.717, 1.165) is 18.7 Å². The Morgan fingerprint density at radius 2 is 1.83 bits per heavy atom. The number of hydrogen-bond donors (Lipinski definition) is 3.